The Bertz CT molecular complexity index is 858. The molecular weight excluding hydrogens is 335 g/mol. The lowest BCUT2D eigenvalue weighted by molar-refractivity contribution is 0.0929. The van der Waals surface area contributed by atoms with Crippen LogP contribution in [0.1, 0.15) is 34.6 Å². The van der Waals surface area contributed by atoms with Gasteiger partial charge < -0.3 is 5.32 Å². The summed E-state index contributed by atoms with van der Waals surface area (Å²) < 4.78 is 16.9. The van der Waals surface area contributed by atoms with Gasteiger partial charge >= 0.3 is 5.69 Å². The molecule has 1 aliphatic rings. The van der Waals surface area contributed by atoms with Crippen LogP contribution in [0.25, 0.3) is 0 Å². The van der Waals surface area contributed by atoms with Crippen LogP contribution >= 0.6 is 11.6 Å². The molecule has 8 heteroatoms. The summed E-state index contributed by atoms with van der Waals surface area (Å²) in [6.07, 6.45) is 1.79. The van der Waals surface area contributed by atoms with Crippen molar-refractivity contribution in [2.75, 3.05) is 0 Å². The van der Waals surface area contributed by atoms with E-state index in [4.69, 9.17) is 11.6 Å². The van der Waals surface area contributed by atoms with Gasteiger partial charge in [0.25, 0.3) is 5.91 Å². The minimum Gasteiger partial charge on any atom is -0.349 e. The summed E-state index contributed by atoms with van der Waals surface area (Å²) in [6, 6.07) is 2.61. The van der Waals surface area contributed by atoms with Gasteiger partial charge in [-0.25, -0.2) is 13.9 Å². The van der Waals surface area contributed by atoms with Crippen molar-refractivity contribution in [3.63, 3.8) is 0 Å². The molecule has 128 valence electrons. The SMILES string of the molecule is Cc1ccc(F)c(C(=O)NC2CCc3nn(C)c(=O)n3CC2)c1Cl. The van der Waals surface area contributed by atoms with Crippen molar-refractivity contribution in [1.82, 2.24) is 19.7 Å². The maximum Gasteiger partial charge on any atom is 0.345 e. The number of nitrogens with one attached hydrogen (secondary N) is 1. The number of hydrogen-bond donors (Lipinski definition) is 1. The Kier molecular flexibility index (Phi) is 4.45. The highest BCUT2D eigenvalue weighted by Gasteiger charge is 2.24. The average molecular weight is 353 g/mol. The molecule has 1 unspecified atom stereocenters. The summed E-state index contributed by atoms with van der Waals surface area (Å²) in [4.78, 5) is 24.4. The zero-order valence-corrected chi connectivity index (χ0v) is 14.2. The highest BCUT2D eigenvalue weighted by molar-refractivity contribution is 6.34. The van der Waals surface area contributed by atoms with Crippen LogP contribution in [0.4, 0.5) is 4.39 Å². The fourth-order valence-corrected chi connectivity index (χ4v) is 3.20. The standard InChI is InChI=1S/C16H18ClFN4O2/c1-9-3-5-11(18)13(14(9)17)15(23)19-10-4-6-12-20-21(2)16(24)22(12)8-7-10/h3,5,10H,4,6-8H2,1-2H3,(H,19,23). The molecule has 1 aliphatic heterocycles. The number of halogens is 2. The van der Waals surface area contributed by atoms with Crippen molar-refractivity contribution in [2.24, 2.45) is 7.05 Å². The van der Waals surface area contributed by atoms with E-state index in [1.165, 1.54) is 16.8 Å². The van der Waals surface area contributed by atoms with Crippen LogP contribution < -0.4 is 11.0 Å². The van der Waals surface area contributed by atoms with Gasteiger partial charge in [0.2, 0.25) is 0 Å². The molecule has 1 amide bonds. The van der Waals surface area contributed by atoms with Crippen LogP contribution in [0.5, 0.6) is 0 Å². The summed E-state index contributed by atoms with van der Waals surface area (Å²) >= 11 is 6.08. The largest absolute Gasteiger partial charge is 0.349 e. The zero-order chi connectivity index (χ0) is 17.4. The molecule has 0 fully saturated rings. The summed E-state index contributed by atoms with van der Waals surface area (Å²) in [5.41, 5.74) is 0.354. The second-order valence-corrected chi connectivity index (χ2v) is 6.40. The molecule has 1 aromatic carbocycles. The zero-order valence-electron chi connectivity index (χ0n) is 13.5. The van der Waals surface area contributed by atoms with E-state index in [1.807, 2.05) is 0 Å². The number of aromatic nitrogens is 3. The second-order valence-electron chi connectivity index (χ2n) is 6.03. The van der Waals surface area contributed by atoms with Crippen LogP contribution in [0.3, 0.4) is 0 Å². The Labute approximate surface area is 143 Å². The lowest BCUT2D eigenvalue weighted by Crippen LogP contribution is -2.36. The molecule has 0 saturated heterocycles. The molecule has 0 saturated carbocycles. The van der Waals surface area contributed by atoms with E-state index in [1.54, 1.807) is 18.5 Å². The normalized spacial score (nSPS) is 17.2. The van der Waals surface area contributed by atoms with E-state index in [0.717, 1.165) is 0 Å². The molecule has 1 aromatic heterocycles. The molecule has 6 nitrogen and oxygen atoms in total. The maximum absolute atomic E-state index is 14.0. The highest BCUT2D eigenvalue weighted by atomic mass is 35.5. The first kappa shape index (κ1) is 16.7. The Morgan fingerprint density at radius 2 is 2.17 bits per heavy atom. The van der Waals surface area contributed by atoms with Gasteiger partial charge in [-0.15, -0.1) is 0 Å². The molecule has 24 heavy (non-hydrogen) atoms. The maximum atomic E-state index is 14.0. The lowest BCUT2D eigenvalue weighted by atomic mass is 10.1. The highest BCUT2D eigenvalue weighted by Crippen LogP contribution is 2.24. The Morgan fingerprint density at radius 3 is 2.92 bits per heavy atom. The van der Waals surface area contributed by atoms with Gasteiger partial charge in [0, 0.05) is 26.1 Å². The van der Waals surface area contributed by atoms with Crippen molar-refractivity contribution >= 4 is 17.5 Å². The minimum absolute atomic E-state index is 0.128. The van der Waals surface area contributed by atoms with Crippen LogP contribution in [-0.4, -0.2) is 26.3 Å². The number of aryl methyl sites for hydroxylation is 3. The van der Waals surface area contributed by atoms with Crippen LogP contribution in [0.2, 0.25) is 5.02 Å². The van der Waals surface area contributed by atoms with Crippen molar-refractivity contribution in [2.45, 2.75) is 38.8 Å². The third kappa shape index (κ3) is 2.96. The predicted octanol–water partition coefficient (Wildman–Crippen LogP) is 1.82. The van der Waals surface area contributed by atoms with E-state index < -0.39 is 11.7 Å². The number of fused-ring (bicyclic) bond motifs is 1. The molecule has 0 bridgehead atoms. The van der Waals surface area contributed by atoms with Gasteiger partial charge in [-0.05, 0) is 31.4 Å². The fraction of sp³-hybridized carbons (Fsp3) is 0.438. The van der Waals surface area contributed by atoms with Gasteiger partial charge in [0.15, 0.2) is 0 Å². The molecule has 2 aromatic rings. The number of hydrogen-bond acceptors (Lipinski definition) is 3. The summed E-state index contributed by atoms with van der Waals surface area (Å²) in [7, 11) is 1.62. The third-order valence-electron chi connectivity index (χ3n) is 4.35. The van der Waals surface area contributed by atoms with Gasteiger partial charge in [0.05, 0.1) is 10.6 Å². The second kappa shape index (κ2) is 6.39. The van der Waals surface area contributed by atoms with E-state index >= 15 is 0 Å². The summed E-state index contributed by atoms with van der Waals surface area (Å²) in [5.74, 6) is -0.462. The molecule has 3 rings (SSSR count). The number of benzene rings is 1. The lowest BCUT2D eigenvalue weighted by Gasteiger charge is -2.17. The van der Waals surface area contributed by atoms with Crippen LogP contribution in [0.15, 0.2) is 16.9 Å². The minimum atomic E-state index is -0.640. The van der Waals surface area contributed by atoms with Crippen molar-refractivity contribution < 1.29 is 9.18 Å². The Balaban J connectivity index is 1.75. The van der Waals surface area contributed by atoms with Crippen LogP contribution in [-0.2, 0) is 20.0 Å². The molecule has 1 N–H and O–H groups in total. The predicted molar refractivity (Wildman–Crippen MR) is 87.8 cm³/mol. The molecule has 2 heterocycles. The van der Waals surface area contributed by atoms with Crippen molar-refractivity contribution in [3.8, 4) is 0 Å². The molecule has 0 spiro atoms. The van der Waals surface area contributed by atoms with E-state index in [-0.39, 0.29) is 22.3 Å². The van der Waals surface area contributed by atoms with Crippen LogP contribution in [0, 0.1) is 12.7 Å². The van der Waals surface area contributed by atoms with E-state index in [0.29, 0.717) is 37.2 Å². The van der Waals surface area contributed by atoms with E-state index in [9.17, 15) is 14.0 Å². The molecule has 0 radical (unpaired) electrons. The Hall–Kier alpha value is -2.15. The van der Waals surface area contributed by atoms with Gasteiger partial charge in [-0.2, -0.15) is 5.10 Å². The number of amides is 1. The van der Waals surface area contributed by atoms with Crippen molar-refractivity contribution in [1.29, 1.82) is 0 Å². The number of carbonyl (C=O) groups is 1. The van der Waals surface area contributed by atoms with E-state index in [2.05, 4.69) is 10.4 Å². The first-order chi connectivity index (χ1) is 11.4. The topological polar surface area (TPSA) is 68.9 Å². The first-order valence-corrected chi connectivity index (χ1v) is 8.14. The smallest absolute Gasteiger partial charge is 0.345 e. The number of rotatable bonds is 2. The quantitative estimate of drug-likeness (QED) is 0.896. The van der Waals surface area contributed by atoms with Gasteiger partial charge in [0.1, 0.15) is 11.6 Å². The first-order valence-electron chi connectivity index (χ1n) is 7.76. The Morgan fingerprint density at radius 1 is 1.42 bits per heavy atom. The summed E-state index contributed by atoms with van der Waals surface area (Å²) in [6.45, 7) is 2.19. The third-order valence-corrected chi connectivity index (χ3v) is 4.84. The molecule has 1 atom stereocenters. The monoisotopic (exact) mass is 352 g/mol. The van der Waals surface area contributed by atoms with Gasteiger partial charge in [-0.1, -0.05) is 17.7 Å². The molecule has 0 aliphatic carbocycles. The number of nitrogens with zero attached hydrogens (tertiary/aromatic N) is 3. The number of carbonyl (C=O) groups excluding carboxylic acids is 1. The molecular formula is C16H18ClFN4O2. The average Bonchev–Trinajstić information content (AvgIpc) is 2.70. The van der Waals surface area contributed by atoms with Crippen molar-refractivity contribution in [3.05, 3.63) is 50.4 Å². The fourth-order valence-electron chi connectivity index (χ4n) is 2.96. The summed E-state index contributed by atoms with van der Waals surface area (Å²) in [5, 5.41) is 7.15. The van der Waals surface area contributed by atoms with Gasteiger partial charge in [-0.3, -0.25) is 9.36 Å².